The van der Waals surface area contributed by atoms with Crippen molar-refractivity contribution in [3.05, 3.63) is 35.7 Å². The first-order valence-corrected chi connectivity index (χ1v) is 4.05. The van der Waals surface area contributed by atoms with E-state index < -0.39 is 0 Å². The second-order valence-electron chi connectivity index (χ2n) is 2.34. The molecular formula is C9H9ClFN. The van der Waals surface area contributed by atoms with Gasteiger partial charge in [0.1, 0.15) is 5.82 Å². The SMILES string of the molecule is Nc1ccc(C=CCCl)c(F)c1. The van der Waals surface area contributed by atoms with Crippen molar-refractivity contribution in [1.29, 1.82) is 0 Å². The maximum absolute atomic E-state index is 13.0. The normalized spacial score (nSPS) is 10.8. The summed E-state index contributed by atoms with van der Waals surface area (Å²) in [6, 6.07) is 4.55. The molecule has 1 nitrogen and oxygen atoms in total. The van der Waals surface area contributed by atoms with Crippen LogP contribution in [0, 0.1) is 5.82 Å². The molecule has 0 aliphatic carbocycles. The van der Waals surface area contributed by atoms with Gasteiger partial charge in [0.25, 0.3) is 0 Å². The minimum Gasteiger partial charge on any atom is -0.399 e. The molecule has 0 saturated heterocycles. The predicted octanol–water partition coefficient (Wildman–Crippen LogP) is 2.66. The minimum absolute atomic E-state index is 0.323. The van der Waals surface area contributed by atoms with Gasteiger partial charge in [0.05, 0.1) is 0 Å². The van der Waals surface area contributed by atoms with Crippen molar-refractivity contribution in [2.24, 2.45) is 0 Å². The van der Waals surface area contributed by atoms with Crippen molar-refractivity contribution in [2.45, 2.75) is 0 Å². The number of benzene rings is 1. The summed E-state index contributed by atoms with van der Waals surface area (Å²) in [5.41, 5.74) is 6.30. The molecule has 64 valence electrons. The van der Waals surface area contributed by atoms with Crippen molar-refractivity contribution < 1.29 is 4.39 Å². The van der Waals surface area contributed by atoms with E-state index in [9.17, 15) is 4.39 Å². The van der Waals surface area contributed by atoms with Crippen molar-refractivity contribution in [3.63, 3.8) is 0 Å². The van der Waals surface area contributed by atoms with E-state index in [1.165, 1.54) is 6.07 Å². The Labute approximate surface area is 75.6 Å². The summed E-state index contributed by atoms with van der Waals surface area (Å²) in [6.07, 6.45) is 3.30. The summed E-state index contributed by atoms with van der Waals surface area (Å²) in [4.78, 5) is 0. The molecule has 0 saturated carbocycles. The zero-order valence-corrected chi connectivity index (χ0v) is 7.18. The Hall–Kier alpha value is -1.02. The second-order valence-corrected chi connectivity index (χ2v) is 2.65. The van der Waals surface area contributed by atoms with E-state index in [1.807, 2.05) is 0 Å². The van der Waals surface area contributed by atoms with Crippen molar-refractivity contribution >= 4 is 23.4 Å². The molecule has 1 rings (SSSR count). The van der Waals surface area contributed by atoms with Gasteiger partial charge in [-0.25, -0.2) is 4.39 Å². The van der Waals surface area contributed by atoms with Gasteiger partial charge in [-0.2, -0.15) is 0 Å². The van der Waals surface area contributed by atoms with Gasteiger partial charge in [0.2, 0.25) is 0 Å². The first-order valence-electron chi connectivity index (χ1n) is 3.51. The summed E-state index contributed by atoms with van der Waals surface area (Å²) < 4.78 is 13.0. The predicted molar refractivity (Wildman–Crippen MR) is 50.6 cm³/mol. The number of hydrogen-bond acceptors (Lipinski definition) is 1. The van der Waals surface area contributed by atoms with E-state index in [-0.39, 0.29) is 5.82 Å². The molecule has 0 heterocycles. The van der Waals surface area contributed by atoms with Crippen LogP contribution in [0.4, 0.5) is 10.1 Å². The van der Waals surface area contributed by atoms with Crippen LogP contribution in [0.2, 0.25) is 0 Å². The molecule has 0 fully saturated rings. The first kappa shape index (κ1) is 9.07. The zero-order valence-electron chi connectivity index (χ0n) is 6.43. The number of halogens is 2. The van der Waals surface area contributed by atoms with Crippen LogP contribution in [0.15, 0.2) is 24.3 Å². The van der Waals surface area contributed by atoms with Gasteiger partial charge in [-0.15, -0.1) is 11.6 Å². The quantitative estimate of drug-likeness (QED) is 0.557. The van der Waals surface area contributed by atoms with Crippen LogP contribution in [0.25, 0.3) is 6.08 Å². The topological polar surface area (TPSA) is 26.0 Å². The fourth-order valence-corrected chi connectivity index (χ4v) is 0.939. The number of anilines is 1. The van der Waals surface area contributed by atoms with E-state index in [0.717, 1.165) is 0 Å². The molecule has 1 aromatic carbocycles. The van der Waals surface area contributed by atoms with Gasteiger partial charge < -0.3 is 5.73 Å². The van der Waals surface area contributed by atoms with Crippen molar-refractivity contribution in [3.8, 4) is 0 Å². The van der Waals surface area contributed by atoms with E-state index >= 15 is 0 Å². The van der Waals surface area contributed by atoms with Crippen LogP contribution in [-0.4, -0.2) is 5.88 Å². The van der Waals surface area contributed by atoms with Gasteiger partial charge in [-0.1, -0.05) is 18.2 Å². The number of allylic oxidation sites excluding steroid dienone is 1. The lowest BCUT2D eigenvalue weighted by molar-refractivity contribution is 0.626. The summed E-state index contributed by atoms with van der Waals surface area (Å²) in [5, 5.41) is 0. The maximum Gasteiger partial charge on any atom is 0.132 e. The number of nitrogen functional groups attached to an aromatic ring is 1. The molecule has 12 heavy (non-hydrogen) atoms. The van der Waals surface area contributed by atoms with E-state index in [0.29, 0.717) is 17.1 Å². The standard InChI is InChI=1S/C9H9ClFN/c10-5-1-2-7-3-4-8(12)6-9(7)11/h1-4,6H,5,12H2. The Morgan fingerprint density at radius 2 is 2.25 bits per heavy atom. The Kier molecular flexibility index (Phi) is 3.11. The Bertz CT molecular complexity index is 297. The first-order chi connectivity index (χ1) is 5.74. The van der Waals surface area contributed by atoms with Gasteiger partial charge in [0.15, 0.2) is 0 Å². The van der Waals surface area contributed by atoms with E-state index in [1.54, 1.807) is 24.3 Å². The molecule has 0 amide bonds. The van der Waals surface area contributed by atoms with Crippen molar-refractivity contribution in [1.82, 2.24) is 0 Å². The lowest BCUT2D eigenvalue weighted by atomic mass is 10.2. The molecule has 0 bridgehead atoms. The van der Waals surface area contributed by atoms with Crippen LogP contribution in [0.5, 0.6) is 0 Å². The molecule has 0 aromatic heterocycles. The molecular weight excluding hydrogens is 177 g/mol. The van der Waals surface area contributed by atoms with Crippen LogP contribution in [0.3, 0.4) is 0 Å². The van der Waals surface area contributed by atoms with E-state index in [2.05, 4.69) is 0 Å². The molecule has 0 aliphatic heterocycles. The van der Waals surface area contributed by atoms with Crippen LogP contribution in [-0.2, 0) is 0 Å². The smallest absolute Gasteiger partial charge is 0.132 e. The molecule has 0 radical (unpaired) electrons. The molecule has 3 heteroatoms. The number of nitrogens with two attached hydrogens (primary N) is 1. The van der Waals surface area contributed by atoms with Crippen LogP contribution >= 0.6 is 11.6 Å². The Morgan fingerprint density at radius 1 is 1.50 bits per heavy atom. The average molecular weight is 186 g/mol. The number of hydrogen-bond donors (Lipinski definition) is 1. The Balaban J connectivity index is 2.94. The van der Waals surface area contributed by atoms with Crippen LogP contribution < -0.4 is 5.73 Å². The highest BCUT2D eigenvalue weighted by Gasteiger charge is 1.97. The third-order valence-electron chi connectivity index (χ3n) is 1.41. The monoisotopic (exact) mass is 185 g/mol. The fraction of sp³-hybridized carbons (Fsp3) is 0.111. The third-order valence-corrected chi connectivity index (χ3v) is 1.59. The van der Waals surface area contributed by atoms with Gasteiger partial charge in [-0.3, -0.25) is 0 Å². The summed E-state index contributed by atoms with van der Waals surface area (Å²) in [7, 11) is 0. The number of alkyl halides is 1. The Morgan fingerprint density at radius 3 is 2.83 bits per heavy atom. The summed E-state index contributed by atoms with van der Waals surface area (Å²) in [5.74, 6) is 0.0560. The largest absolute Gasteiger partial charge is 0.399 e. The maximum atomic E-state index is 13.0. The van der Waals surface area contributed by atoms with Gasteiger partial charge >= 0.3 is 0 Å². The zero-order chi connectivity index (χ0) is 8.97. The van der Waals surface area contributed by atoms with Gasteiger partial charge in [-0.05, 0) is 12.1 Å². The molecule has 0 aliphatic rings. The van der Waals surface area contributed by atoms with Crippen LogP contribution in [0.1, 0.15) is 5.56 Å². The van der Waals surface area contributed by atoms with Crippen molar-refractivity contribution in [2.75, 3.05) is 11.6 Å². The van der Waals surface area contributed by atoms with E-state index in [4.69, 9.17) is 17.3 Å². The molecule has 0 unspecified atom stereocenters. The molecule has 0 atom stereocenters. The summed E-state index contributed by atoms with van der Waals surface area (Å²) >= 11 is 5.40. The highest BCUT2D eigenvalue weighted by Crippen LogP contribution is 2.12. The summed E-state index contributed by atoms with van der Waals surface area (Å²) in [6.45, 7) is 0. The molecule has 2 N–H and O–H groups in total. The minimum atomic E-state index is -0.323. The lowest BCUT2D eigenvalue weighted by Crippen LogP contribution is -1.88. The second kappa shape index (κ2) is 4.12. The highest BCUT2D eigenvalue weighted by atomic mass is 35.5. The molecule has 1 aromatic rings. The third kappa shape index (κ3) is 2.24. The van der Waals surface area contributed by atoms with Gasteiger partial charge in [0, 0.05) is 17.1 Å². The molecule has 0 spiro atoms. The fourth-order valence-electron chi connectivity index (χ4n) is 0.850. The number of rotatable bonds is 2. The average Bonchev–Trinajstić information content (AvgIpc) is 2.03. The highest BCUT2D eigenvalue weighted by molar-refractivity contribution is 6.19. The lowest BCUT2D eigenvalue weighted by Gasteiger charge is -1.97.